The quantitative estimate of drug-likeness (QED) is 0.813. The van der Waals surface area contributed by atoms with Crippen molar-refractivity contribution in [1.29, 1.82) is 0 Å². The van der Waals surface area contributed by atoms with Gasteiger partial charge in [-0.25, -0.2) is 0 Å². The molecule has 2 fully saturated rings. The van der Waals surface area contributed by atoms with Crippen molar-refractivity contribution >= 4 is 0 Å². The summed E-state index contributed by atoms with van der Waals surface area (Å²) in [4.78, 5) is 2.60. The predicted molar refractivity (Wildman–Crippen MR) is 84.8 cm³/mol. The van der Waals surface area contributed by atoms with Crippen LogP contribution < -0.4 is 5.32 Å². The van der Waals surface area contributed by atoms with E-state index in [1.807, 2.05) is 0 Å². The standard InChI is InChI=1S/C17H34N2O/c1-4-14-6-7-16(18-5-2)15(10-14)12-19-9-8-17(20)13(3)11-19/h13-18,20H,4-12H2,1-3H3. The summed E-state index contributed by atoms with van der Waals surface area (Å²) in [6.07, 6.45) is 6.36. The minimum atomic E-state index is -0.0782. The summed E-state index contributed by atoms with van der Waals surface area (Å²) >= 11 is 0. The molecule has 1 heterocycles. The van der Waals surface area contributed by atoms with Crippen LogP contribution in [0, 0.1) is 17.8 Å². The number of rotatable bonds is 5. The van der Waals surface area contributed by atoms with E-state index in [0.29, 0.717) is 12.0 Å². The zero-order chi connectivity index (χ0) is 14.5. The van der Waals surface area contributed by atoms with Crippen LogP contribution in [0.2, 0.25) is 0 Å². The number of hydrogen-bond acceptors (Lipinski definition) is 3. The summed E-state index contributed by atoms with van der Waals surface area (Å²) in [5, 5.41) is 13.6. The molecule has 118 valence electrons. The minimum Gasteiger partial charge on any atom is -0.393 e. The van der Waals surface area contributed by atoms with Crippen LogP contribution in [0.4, 0.5) is 0 Å². The minimum absolute atomic E-state index is 0.0782. The predicted octanol–water partition coefficient (Wildman–Crippen LogP) is 2.49. The van der Waals surface area contributed by atoms with Gasteiger partial charge < -0.3 is 15.3 Å². The van der Waals surface area contributed by atoms with E-state index >= 15 is 0 Å². The van der Waals surface area contributed by atoms with Gasteiger partial charge in [-0.2, -0.15) is 0 Å². The molecule has 0 spiro atoms. The highest BCUT2D eigenvalue weighted by Gasteiger charge is 2.32. The maximum absolute atomic E-state index is 9.88. The third kappa shape index (κ3) is 4.19. The van der Waals surface area contributed by atoms with Gasteiger partial charge in [0.15, 0.2) is 0 Å². The highest BCUT2D eigenvalue weighted by molar-refractivity contribution is 4.88. The number of piperidine rings is 1. The smallest absolute Gasteiger partial charge is 0.0590 e. The number of likely N-dealkylation sites (tertiary alicyclic amines) is 1. The molecule has 0 amide bonds. The number of nitrogens with zero attached hydrogens (tertiary/aromatic N) is 1. The molecular formula is C17H34N2O. The Morgan fingerprint density at radius 2 is 2.00 bits per heavy atom. The molecule has 2 aliphatic rings. The van der Waals surface area contributed by atoms with Gasteiger partial charge in [-0.15, -0.1) is 0 Å². The van der Waals surface area contributed by atoms with Gasteiger partial charge in [-0.1, -0.05) is 27.2 Å². The topological polar surface area (TPSA) is 35.5 Å². The van der Waals surface area contributed by atoms with Crippen LogP contribution in [0.1, 0.15) is 52.9 Å². The summed E-state index contributed by atoms with van der Waals surface area (Å²) in [6, 6.07) is 0.713. The van der Waals surface area contributed by atoms with Crippen molar-refractivity contribution in [2.45, 2.75) is 65.0 Å². The van der Waals surface area contributed by atoms with Crippen LogP contribution >= 0.6 is 0 Å². The molecule has 5 atom stereocenters. The summed E-state index contributed by atoms with van der Waals surface area (Å²) < 4.78 is 0. The van der Waals surface area contributed by atoms with Gasteiger partial charge in [0.1, 0.15) is 0 Å². The number of aliphatic hydroxyl groups is 1. The monoisotopic (exact) mass is 282 g/mol. The van der Waals surface area contributed by atoms with Crippen LogP contribution in [0.15, 0.2) is 0 Å². The molecular weight excluding hydrogens is 248 g/mol. The molecule has 2 rings (SSSR count). The van der Waals surface area contributed by atoms with Crippen molar-refractivity contribution in [3.63, 3.8) is 0 Å². The van der Waals surface area contributed by atoms with Gasteiger partial charge in [-0.05, 0) is 50.0 Å². The van der Waals surface area contributed by atoms with E-state index in [4.69, 9.17) is 0 Å². The van der Waals surface area contributed by atoms with E-state index in [-0.39, 0.29) is 6.10 Å². The molecule has 5 unspecified atom stereocenters. The first kappa shape index (κ1) is 16.3. The van der Waals surface area contributed by atoms with E-state index in [1.54, 1.807) is 0 Å². The maximum atomic E-state index is 9.88. The fourth-order valence-corrected chi connectivity index (χ4v) is 4.18. The van der Waals surface area contributed by atoms with Crippen LogP contribution in [0.3, 0.4) is 0 Å². The lowest BCUT2D eigenvalue weighted by Crippen LogP contribution is -2.49. The van der Waals surface area contributed by atoms with Crippen LogP contribution in [0.25, 0.3) is 0 Å². The van der Waals surface area contributed by atoms with E-state index in [1.165, 1.54) is 32.2 Å². The Bertz CT molecular complexity index is 284. The van der Waals surface area contributed by atoms with Crippen molar-refractivity contribution in [1.82, 2.24) is 10.2 Å². The zero-order valence-corrected chi connectivity index (χ0v) is 13.6. The molecule has 1 saturated carbocycles. The van der Waals surface area contributed by atoms with E-state index in [9.17, 15) is 5.11 Å². The third-order valence-electron chi connectivity index (χ3n) is 5.57. The average molecular weight is 282 g/mol. The molecule has 3 nitrogen and oxygen atoms in total. The average Bonchev–Trinajstić information content (AvgIpc) is 2.45. The summed E-state index contributed by atoms with van der Waals surface area (Å²) in [5.74, 6) is 2.17. The first-order chi connectivity index (χ1) is 9.63. The number of nitrogens with one attached hydrogen (secondary N) is 1. The normalized spacial score (nSPS) is 39.9. The van der Waals surface area contributed by atoms with E-state index in [2.05, 4.69) is 31.0 Å². The SMILES string of the molecule is CCNC1CCC(CC)CC1CN1CCC(O)C(C)C1. The third-order valence-corrected chi connectivity index (χ3v) is 5.57. The highest BCUT2D eigenvalue weighted by atomic mass is 16.3. The maximum Gasteiger partial charge on any atom is 0.0590 e. The molecule has 0 bridgehead atoms. The molecule has 0 radical (unpaired) electrons. The van der Waals surface area contributed by atoms with Crippen molar-refractivity contribution in [3.8, 4) is 0 Å². The lowest BCUT2D eigenvalue weighted by atomic mass is 9.76. The van der Waals surface area contributed by atoms with Crippen molar-refractivity contribution in [2.24, 2.45) is 17.8 Å². The van der Waals surface area contributed by atoms with Crippen molar-refractivity contribution < 1.29 is 5.11 Å². The molecule has 0 aromatic heterocycles. The molecule has 2 N–H and O–H groups in total. The number of hydrogen-bond donors (Lipinski definition) is 2. The van der Waals surface area contributed by atoms with E-state index < -0.39 is 0 Å². The largest absolute Gasteiger partial charge is 0.393 e. The lowest BCUT2D eigenvalue weighted by molar-refractivity contribution is 0.0210. The Morgan fingerprint density at radius 1 is 1.20 bits per heavy atom. The first-order valence-corrected chi connectivity index (χ1v) is 8.77. The van der Waals surface area contributed by atoms with Gasteiger partial charge in [0, 0.05) is 25.7 Å². The second-order valence-corrected chi connectivity index (χ2v) is 7.10. The zero-order valence-electron chi connectivity index (χ0n) is 13.6. The molecule has 1 aliphatic carbocycles. The molecule has 0 aromatic rings. The molecule has 1 aliphatic heterocycles. The lowest BCUT2D eigenvalue weighted by Gasteiger charge is -2.42. The highest BCUT2D eigenvalue weighted by Crippen LogP contribution is 2.32. The van der Waals surface area contributed by atoms with Gasteiger partial charge in [0.2, 0.25) is 0 Å². The Balaban J connectivity index is 1.89. The Hall–Kier alpha value is -0.120. The van der Waals surface area contributed by atoms with Crippen molar-refractivity contribution in [2.75, 3.05) is 26.2 Å². The van der Waals surface area contributed by atoms with Gasteiger partial charge in [-0.3, -0.25) is 0 Å². The summed E-state index contributed by atoms with van der Waals surface area (Å²) in [7, 11) is 0. The summed E-state index contributed by atoms with van der Waals surface area (Å²) in [6.45, 7) is 11.2. The van der Waals surface area contributed by atoms with Gasteiger partial charge in [0.05, 0.1) is 6.10 Å². The second-order valence-electron chi connectivity index (χ2n) is 7.10. The Kier molecular flexibility index (Phi) is 6.31. The van der Waals surface area contributed by atoms with Gasteiger partial charge in [0.25, 0.3) is 0 Å². The molecule has 20 heavy (non-hydrogen) atoms. The molecule has 3 heteroatoms. The fraction of sp³-hybridized carbons (Fsp3) is 1.00. The Morgan fingerprint density at radius 3 is 2.65 bits per heavy atom. The Labute approximate surface area is 125 Å². The molecule has 1 saturated heterocycles. The van der Waals surface area contributed by atoms with Crippen LogP contribution in [-0.4, -0.2) is 48.3 Å². The second kappa shape index (κ2) is 7.77. The van der Waals surface area contributed by atoms with Crippen LogP contribution in [0.5, 0.6) is 0 Å². The fourth-order valence-electron chi connectivity index (χ4n) is 4.18. The summed E-state index contributed by atoms with van der Waals surface area (Å²) in [5.41, 5.74) is 0. The van der Waals surface area contributed by atoms with Crippen LogP contribution in [-0.2, 0) is 0 Å². The van der Waals surface area contributed by atoms with Gasteiger partial charge >= 0.3 is 0 Å². The molecule has 0 aromatic carbocycles. The van der Waals surface area contributed by atoms with Crippen molar-refractivity contribution in [3.05, 3.63) is 0 Å². The number of aliphatic hydroxyl groups excluding tert-OH is 1. The first-order valence-electron chi connectivity index (χ1n) is 8.77. The van der Waals surface area contributed by atoms with E-state index in [0.717, 1.165) is 37.9 Å².